The average Bonchev–Trinajstić information content (AvgIpc) is 2.05. The topological polar surface area (TPSA) is 27.7 Å². The van der Waals surface area contributed by atoms with Crippen LogP contribution in [0.4, 0.5) is 0 Å². The number of ether oxygens (including phenoxy) is 1. The van der Waals surface area contributed by atoms with Crippen LogP contribution in [0.2, 0.25) is 12.1 Å². The van der Waals surface area contributed by atoms with Crippen LogP contribution in [0.5, 0.6) is 0 Å². The molecule has 3 nitrogen and oxygen atoms in total. The van der Waals surface area contributed by atoms with E-state index in [1.165, 1.54) is 0 Å². The van der Waals surface area contributed by atoms with Gasteiger partial charge in [-0.1, -0.05) is 6.92 Å². The van der Waals surface area contributed by atoms with E-state index in [1.54, 1.807) is 14.2 Å². The summed E-state index contributed by atoms with van der Waals surface area (Å²) in [5.41, 5.74) is 0. The number of rotatable bonds is 5. The third-order valence-corrected chi connectivity index (χ3v) is 6.35. The Bertz CT molecular complexity index is 124. The van der Waals surface area contributed by atoms with Crippen molar-refractivity contribution in [3.8, 4) is 0 Å². The quantitative estimate of drug-likeness (QED) is 0.613. The van der Waals surface area contributed by atoms with Crippen molar-refractivity contribution >= 4 is 8.56 Å². The zero-order chi connectivity index (χ0) is 9.03. The van der Waals surface area contributed by atoms with E-state index in [1.807, 2.05) is 0 Å². The van der Waals surface area contributed by atoms with Crippen LogP contribution >= 0.6 is 0 Å². The molecule has 0 N–H and O–H groups in total. The van der Waals surface area contributed by atoms with Gasteiger partial charge in [0.1, 0.15) is 0 Å². The van der Waals surface area contributed by atoms with Crippen molar-refractivity contribution in [1.29, 1.82) is 0 Å². The van der Waals surface area contributed by atoms with E-state index in [2.05, 4.69) is 6.92 Å². The van der Waals surface area contributed by atoms with Crippen LogP contribution in [0, 0.1) is 5.92 Å². The summed E-state index contributed by atoms with van der Waals surface area (Å²) in [7, 11) is 1.70. The van der Waals surface area contributed by atoms with Gasteiger partial charge in [-0.25, -0.2) is 0 Å². The van der Waals surface area contributed by atoms with Gasteiger partial charge < -0.3 is 13.6 Å². The fraction of sp³-hybridized carbons (Fsp3) is 1.00. The van der Waals surface area contributed by atoms with Crippen molar-refractivity contribution in [2.24, 2.45) is 5.92 Å². The fourth-order valence-electron chi connectivity index (χ4n) is 1.53. The Morgan fingerprint density at radius 1 is 1.33 bits per heavy atom. The molecule has 0 aromatic carbocycles. The van der Waals surface area contributed by atoms with Crippen molar-refractivity contribution in [3.05, 3.63) is 0 Å². The third kappa shape index (κ3) is 2.07. The van der Waals surface area contributed by atoms with Crippen LogP contribution in [0.15, 0.2) is 0 Å². The standard InChI is InChI=1S/C8H18O3Si/c1-4-12(9-2,10-3)7-8-5-11-6-8/h8H,4-7H2,1-3H3. The summed E-state index contributed by atoms with van der Waals surface area (Å²) in [4.78, 5) is 0. The first kappa shape index (κ1) is 10.2. The average molecular weight is 190 g/mol. The van der Waals surface area contributed by atoms with Gasteiger partial charge in [0, 0.05) is 20.1 Å². The first-order chi connectivity index (χ1) is 5.76. The third-order valence-electron chi connectivity index (χ3n) is 2.59. The monoisotopic (exact) mass is 190 g/mol. The van der Waals surface area contributed by atoms with Gasteiger partial charge in [0.25, 0.3) is 0 Å². The minimum Gasteiger partial charge on any atom is -0.398 e. The summed E-state index contributed by atoms with van der Waals surface area (Å²) in [6.07, 6.45) is 0. The molecule has 4 heteroatoms. The molecule has 0 aromatic heterocycles. The maximum atomic E-state index is 5.50. The Hall–Kier alpha value is 0.0969. The molecule has 0 spiro atoms. The highest BCUT2D eigenvalue weighted by Crippen LogP contribution is 2.26. The maximum Gasteiger partial charge on any atom is 0.337 e. The lowest BCUT2D eigenvalue weighted by Gasteiger charge is -2.34. The summed E-state index contributed by atoms with van der Waals surface area (Å²) >= 11 is 0. The molecular weight excluding hydrogens is 172 g/mol. The molecule has 0 unspecified atom stereocenters. The molecule has 0 amide bonds. The molecule has 72 valence electrons. The smallest absolute Gasteiger partial charge is 0.337 e. The van der Waals surface area contributed by atoms with Gasteiger partial charge in [-0.2, -0.15) is 0 Å². The molecule has 0 aliphatic carbocycles. The van der Waals surface area contributed by atoms with E-state index in [4.69, 9.17) is 13.6 Å². The Kier molecular flexibility index (Phi) is 3.70. The zero-order valence-electron chi connectivity index (χ0n) is 8.13. The zero-order valence-corrected chi connectivity index (χ0v) is 9.13. The Balaban J connectivity index is 2.39. The van der Waals surface area contributed by atoms with Crippen molar-refractivity contribution in [2.75, 3.05) is 27.4 Å². The molecule has 0 aromatic rings. The predicted octanol–water partition coefficient (Wildman–Crippen LogP) is 1.39. The van der Waals surface area contributed by atoms with Crippen LogP contribution in [0.3, 0.4) is 0 Å². The lowest BCUT2D eigenvalue weighted by molar-refractivity contribution is -0.0266. The first-order valence-electron chi connectivity index (χ1n) is 4.44. The molecule has 0 saturated carbocycles. The van der Waals surface area contributed by atoms with Crippen LogP contribution in [0.1, 0.15) is 6.92 Å². The highest BCUT2D eigenvalue weighted by molar-refractivity contribution is 6.67. The predicted molar refractivity (Wildman–Crippen MR) is 49.4 cm³/mol. The van der Waals surface area contributed by atoms with Gasteiger partial charge in [0.15, 0.2) is 0 Å². The van der Waals surface area contributed by atoms with Crippen LogP contribution in [-0.2, 0) is 13.6 Å². The molecular formula is C8H18O3Si. The normalized spacial score (nSPS) is 19.2. The fourth-order valence-corrected chi connectivity index (χ4v) is 4.01. The largest absolute Gasteiger partial charge is 0.398 e. The van der Waals surface area contributed by atoms with Crippen LogP contribution < -0.4 is 0 Å². The number of hydrogen-bond donors (Lipinski definition) is 0. The van der Waals surface area contributed by atoms with Gasteiger partial charge >= 0.3 is 8.56 Å². The van der Waals surface area contributed by atoms with Crippen LogP contribution in [0.25, 0.3) is 0 Å². The first-order valence-corrected chi connectivity index (χ1v) is 6.67. The molecule has 0 bridgehead atoms. The Morgan fingerprint density at radius 2 is 1.92 bits per heavy atom. The van der Waals surface area contributed by atoms with Gasteiger partial charge in [0.2, 0.25) is 0 Å². The second kappa shape index (κ2) is 4.37. The number of hydrogen-bond acceptors (Lipinski definition) is 3. The minimum atomic E-state index is -1.83. The van der Waals surface area contributed by atoms with E-state index in [0.717, 1.165) is 25.3 Å². The van der Waals surface area contributed by atoms with Gasteiger partial charge in [0.05, 0.1) is 13.2 Å². The Labute approximate surface area is 75.3 Å². The molecule has 1 rings (SSSR count). The van der Waals surface area contributed by atoms with Crippen molar-refractivity contribution in [2.45, 2.75) is 19.0 Å². The van der Waals surface area contributed by atoms with Gasteiger partial charge in [-0.05, 0) is 12.1 Å². The highest BCUT2D eigenvalue weighted by Gasteiger charge is 2.38. The SMILES string of the molecule is CC[Si](CC1COC1)(OC)OC. The Morgan fingerprint density at radius 3 is 2.17 bits per heavy atom. The van der Waals surface area contributed by atoms with Gasteiger partial charge in [-0.3, -0.25) is 0 Å². The van der Waals surface area contributed by atoms with Crippen LogP contribution in [-0.4, -0.2) is 36.0 Å². The van der Waals surface area contributed by atoms with E-state index >= 15 is 0 Å². The van der Waals surface area contributed by atoms with Crippen molar-refractivity contribution in [3.63, 3.8) is 0 Å². The molecule has 1 saturated heterocycles. The molecule has 0 atom stereocenters. The van der Waals surface area contributed by atoms with Crippen molar-refractivity contribution in [1.82, 2.24) is 0 Å². The lowest BCUT2D eigenvalue weighted by Crippen LogP contribution is -2.45. The summed E-state index contributed by atoms with van der Waals surface area (Å²) in [6.45, 7) is 3.92. The van der Waals surface area contributed by atoms with Crippen molar-refractivity contribution < 1.29 is 13.6 Å². The summed E-state index contributed by atoms with van der Waals surface area (Å²) in [6, 6.07) is 2.10. The minimum absolute atomic E-state index is 0.677. The van der Waals surface area contributed by atoms with E-state index in [9.17, 15) is 0 Å². The summed E-state index contributed by atoms with van der Waals surface area (Å²) in [5.74, 6) is 0.677. The molecule has 1 aliphatic rings. The molecule has 0 radical (unpaired) electrons. The maximum absolute atomic E-state index is 5.50. The van der Waals surface area contributed by atoms with E-state index in [0.29, 0.717) is 5.92 Å². The summed E-state index contributed by atoms with van der Waals surface area (Å²) < 4.78 is 16.1. The second-order valence-corrected chi connectivity index (χ2v) is 7.03. The van der Waals surface area contributed by atoms with E-state index in [-0.39, 0.29) is 0 Å². The highest BCUT2D eigenvalue weighted by atomic mass is 28.4. The van der Waals surface area contributed by atoms with Gasteiger partial charge in [-0.15, -0.1) is 0 Å². The summed E-state index contributed by atoms with van der Waals surface area (Å²) in [5, 5.41) is 0. The lowest BCUT2D eigenvalue weighted by atomic mass is 10.1. The molecule has 1 fully saturated rings. The van der Waals surface area contributed by atoms with E-state index < -0.39 is 8.56 Å². The molecule has 12 heavy (non-hydrogen) atoms. The second-order valence-electron chi connectivity index (χ2n) is 3.28. The molecule has 1 aliphatic heterocycles. The molecule has 1 heterocycles.